The van der Waals surface area contributed by atoms with Gasteiger partial charge in [0.15, 0.2) is 5.78 Å². The number of ether oxygens (including phenoxy) is 3. The Morgan fingerprint density at radius 2 is 0.773 bits per heavy atom. The van der Waals surface area contributed by atoms with E-state index in [9.17, 15) is 29.4 Å². The zero-order valence-electron chi connectivity index (χ0n) is 62.3. The van der Waals surface area contributed by atoms with Crippen molar-refractivity contribution in [3.05, 3.63) is 281 Å². The normalized spacial score (nSPS) is 12.5. The van der Waals surface area contributed by atoms with Gasteiger partial charge in [-0.05, 0) is 137 Å². The van der Waals surface area contributed by atoms with E-state index in [1.54, 1.807) is 32.9 Å². The van der Waals surface area contributed by atoms with Crippen LogP contribution in [0.25, 0.3) is 87.0 Å². The highest BCUT2D eigenvalue weighted by atomic mass is 16.6. The third kappa shape index (κ3) is 18.2. The summed E-state index contributed by atoms with van der Waals surface area (Å²) in [5.74, 6) is -0.975. The average Bonchev–Trinajstić information content (AvgIpc) is 1.61. The summed E-state index contributed by atoms with van der Waals surface area (Å²) < 4.78 is 18.5. The number of carbonyl (C=O) groups is 4. The third-order valence-corrected chi connectivity index (χ3v) is 17.4. The van der Waals surface area contributed by atoms with Crippen LogP contribution in [0.2, 0.25) is 0 Å². The first-order valence-electron chi connectivity index (χ1n) is 34.4. The van der Waals surface area contributed by atoms with E-state index in [1.165, 1.54) is 58.6 Å². The molecular formula is C83H80N18O9. The number of aliphatic hydroxyl groups excluding tert-OH is 2. The summed E-state index contributed by atoms with van der Waals surface area (Å²) in [5.41, 5.74) is 42.0. The highest BCUT2D eigenvalue weighted by Crippen LogP contribution is 2.44. The Morgan fingerprint density at radius 3 is 1.10 bits per heavy atom. The molecule has 4 aromatic carbocycles. The molecule has 0 unspecified atom stereocenters. The number of Topliss-reactive ketones (excluding diaryl/α,β-unsaturated/α-hetero) is 1. The van der Waals surface area contributed by atoms with Crippen LogP contribution in [0.4, 0.5) is 23.3 Å². The monoisotopic (exact) mass is 1470 g/mol. The van der Waals surface area contributed by atoms with Crippen molar-refractivity contribution in [3.63, 3.8) is 0 Å². The lowest BCUT2D eigenvalue weighted by atomic mass is 9.97. The summed E-state index contributed by atoms with van der Waals surface area (Å²) in [5, 5.41) is 20.0. The van der Waals surface area contributed by atoms with Crippen LogP contribution in [0, 0.1) is 54.0 Å². The number of benzene rings is 4. The number of hydrogen-bond donors (Lipinski definition) is 6. The van der Waals surface area contributed by atoms with Crippen molar-refractivity contribution < 1.29 is 43.6 Å². The first-order chi connectivity index (χ1) is 52.7. The smallest absolute Gasteiger partial charge is 0.336 e. The number of aryl methyl sites for hydroxylation is 6. The van der Waals surface area contributed by atoms with Crippen molar-refractivity contribution in [1.82, 2.24) is 49.0 Å². The Bertz CT molecular complexity index is 5600. The molecular weight excluding hydrogens is 1390 g/mol. The quantitative estimate of drug-likeness (QED) is 0.0201. The van der Waals surface area contributed by atoms with Gasteiger partial charge < -0.3 is 61.3 Å². The maximum atomic E-state index is 12.7. The van der Waals surface area contributed by atoms with Crippen LogP contribution >= 0.6 is 0 Å². The Morgan fingerprint density at radius 1 is 0.455 bits per heavy atom. The summed E-state index contributed by atoms with van der Waals surface area (Å²) in [6.45, 7) is 44.9. The van der Waals surface area contributed by atoms with Gasteiger partial charge >= 0.3 is 17.9 Å². The summed E-state index contributed by atoms with van der Waals surface area (Å²) >= 11 is 0. The predicted molar refractivity (Wildman–Crippen MR) is 421 cm³/mol. The fourth-order valence-corrected chi connectivity index (χ4v) is 12.3. The molecule has 0 spiro atoms. The van der Waals surface area contributed by atoms with Crippen LogP contribution in [0.1, 0.15) is 108 Å². The second-order valence-electron chi connectivity index (χ2n) is 26.3. The SMILES string of the molecule is [C-]#[N+]/C(=C\C1=C(c2ccc(C)cc2)c2c(N)ncnc2C1)C(=O)OC.[C-]#[N+]/C(=C\C1=C(c2ccc(C)cc2)c2c(N)ncnc2C1)C(C)=O.[C-]#[N+]/C(=C\c1c(-c2ccc(C)cc2)c2c(N)ncnc2n1CCCO)C(=O)OC.[C-]#[N+]/C(=C\c1c(-c2ccc(C)cc2)c2c(N)ncnc2n1CCCO)C(=O)OC(C)(C)C. The van der Waals surface area contributed by atoms with Gasteiger partial charge in [0, 0.05) is 72.8 Å². The van der Waals surface area contributed by atoms with Gasteiger partial charge in [0.2, 0.25) is 5.70 Å². The Balaban J connectivity index is 0.000000170. The third-order valence-electron chi connectivity index (χ3n) is 17.4. The van der Waals surface area contributed by atoms with Gasteiger partial charge in [0.25, 0.3) is 17.1 Å². The van der Waals surface area contributed by atoms with E-state index in [2.05, 4.69) is 64.0 Å². The number of methoxy groups -OCH3 is 2. The molecule has 6 aromatic heterocycles. The molecule has 0 saturated heterocycles. The van der Waals surface area contributed by atoms with E-state index in [1.807, 2.05) is 134 Å². The first-order valence-corrected chi connectivity index (χ1v) is 34.4. The first kappa shape index (κ1) is 80.0. The number of ketones is 1. The van der Waals surface area contributed by atoms with Gasteiger partial charge in [0.1, 0.15) is 65.5 Å². The van der Waals surface area contributed by atoms with Crippen molar-refractivity contribution in [2.75, 3.05) is 50.4 Å². The molecule has 0 aliphatic heterocycles. The highest BCUT2D eigenvalue weighted by molar-refractivity contribution is 6.09. The minimum Gasteiger partial charge on any atom is -0.474 e. The molecule has 556 valence electrons. The van der Waals surface area contributed by atoms with Crippen LogP contribution in [-0.4, -0.2) is 116 Å². The van der Waals surface area contributed by atoms with Crippen LogP contribution in [-0.2, 0) is 59.3 Å². The molecule has 0 bridgehead atoms. The molecule has 0 radical (unpaired) electrons. The number of aliphatic hydroxyl groups is 2. The summed E-state index contributed by atoms with van der Waals surface area (Å²) in [4.78, 5) is 95.4. The number of nitrogens with two attached hydrogens (primary N) is 4. The number of carbonyl (C=O) groups excluding carboxylic acids is 4. The van der Waals surface area contributed by atoms with E-state index in [-0.39, 0.29) is 41.8 Å². The molecule has 110 heavy (non-hydrogen) atoms. The summed E-state index contributed by atoms with van der Waals surface area (Å²) in [6.07, 6.45) is 13.7. The number of esters is 3. The molecule has 10 N–H and O–H groups in total. The van der Waals surface area contributed by atoms with Gasteiger partial charge in [-0.2, -0.15) is 0 Å². The summed E-state index contributed by atoms with van der Waals surface area (Å²) in [6, 6.07) is 31.7. The number of allylic oxidation sites excluding steroid dienone is 5. The fourth-order valence-electron chi connectivity index (χ4n) is 12.3. The maximum Gasteiger partial charge on any atom is 0.336 e. The van der Waals surface area contributed by atoms with Gasteiger partial charge in [-0.3, -0.25) is 14.4 Å². The topological polar surface area (TPSA) is 371 Å². The molecule has 2 aliphatic carbocycles. The number of rotatable bonds is 18. The molecule has 0 fully saturated rings. The molecule has 0 saturated carbocycles. The van der Waals surface area contributed by atoms with Gasteiger partial charge in [-0.1, -0.05) is 119 Å². The van der Waals surface area contributed by atoms with E-state index < -0.39 is 23.5 Å². The van der Waals surface area contributed by atoms with Gasteiger partial charge in [-0.15, -0.1) is 0 Å². The summed E-state index contributed by atoms with van der Waals surface area (Å²) in [7, 11) is 2.48. The molecule has 27 heteroatoms. The zero-order valence-corrected chi connectivity index (χ0v) is 62.3. The highest BCUT2D eigenvalue weighted by Gasteiger charge is 2.31. The van der Waals surface area contributed by atoms with Crippen molar-refractivity contribution in [3.8, 4) is 22.3 Å². The van der Waals surface area contributed by atoms with Gasteiger partial charge in [0.05, 0.1) is 62.7 Å². The number of fused-ring (bicyclic) bond motifs is 4. The fraction of sp³-hybridized carbons (Fsp3) is 0.229. The van der Waals surface area contributed by atoms with Gasteiger partial charge in [-0.25, -0.2) is 59.3 Å². The Kier molecular flexibility index (Phi) is 26.0. The minimum atomic E-state index is -0.736. The second kappa shape index (κ2) is 35.8. The minimum absolute atomic E-state index is 0.0179. The molecule has 2 aliphatic rings. The molecule has 10 aromatic rings. The standard InChI is InChI=1S/C24H27N5O3.C21H21N5O3.C19H16N4O2.C19H16N4O/c1-15-7-9-16(10-8-15)19-18(13-17(26-5)23(31)32-24(2,3)4)29(11-6-12-30)22-20(19)21(25)27-14-28-22;1-13-5-7-14(8-6-13)17-16(11-15(23-2)21(28)29-3)26(9-4-10-27)20-18(17)19(22)24-12-25-20;1-11-4-6-12(7-5-11)16-13(9-15(21-2)19(24)25-3)8-14-17(16)18(20)23-10-22-14;1-11-4-6-13(7-5-11)17-14(8-15(21-3)12(2)24)9-16-18(17)19(20)23-10-22-16/h7-10,13-14,30H,6,11-12H2,1-4H3,(H2,25,27,28);5-8,11-12,27H,4,9-10H2,1,3H3,(H2,22,24,25);4-7,9-10H,8H2,1,3H3,(H2,20,22,23);4-8,10H,9H2,1-2H3,(H2,20,22,23)/b17-13-;15-11-;15-9-;15-8-. The average molecular weight is 1470 g/mol. The number of nitrogens with zero attached hydrogens (tertiary/aromatic N) is 14. The molecule has 6 heterocycles. The number of aromatic nitrogens is 10. The largest absolute Gasteiger partial charge is 0.474 e. The van der Waals surface area contributed by atoms with E-state index in [0.29, 0.717) is 95.5 Å². The lowest BCUT2D eigenvalue weighted by molar-refractivity contribution is -0.149. The molecule has 12 rings (SSSR count). The number of anilines is 4. The van der Waals surface area contributed by atoms with Crippen molar-refractivity contribution in [2.45, 2.75) is 99.8 Å². The molecule has 27 nitrogen and oxygen atoms in total. The van der Waals surface area contributed by atoms with Crippen LogP contribution in [0.15, 0.2) is 168 Å². The lowest BCUT2D eigenvalue weighted by Gasteiger charge is -2.19. The van der Waals surface area contributed by atoms with E-state index in [0.717, 1.165) is 100 Å². The van der Waals surface area contributed by atoms with Crippen LogP contribution in [0.3, 0.4) is 0 Å². The zero-order chi connectivity index (χ0) is 79.7. The van der Waals surface area contributed by atoms with Crippen LogP contribution in [0.5, 0.6) is 0 Å². The predicted octanol–water partition coefficient (Wildman–Crippen LogP) is 12.6. The van der Waals surface area contributed by atoms with Crippen molar-refractivity contribution in [1.29, 1.82) is 0 Å². The Labute approximate surface area is 635 Å². The number of nitrogen functional groups attached to an aromatic ring is 4. The van der Waals surface area contributed by atoms with Crippen molar-refractivity contribution >= 4 is 92.3 Å². The van der Waals surface area contributed by atoms with Crippen LogP contribution < -0.4 is 22.9 Å². The number of hydrogen-bond acceptors (Lipinski definition) is 21. The van der Waals surface area contributed by atoms with Crippen molar-refractivity contribution in [2.24, 2.45) is 0 Å². The second-order valence-corrected chi connectivity index (χ2v) is 26.3. The Hall–Kier alpha value is -14.1. The maximum absolute atomic E-state index is 12.7. The van der Waals surface area contributed by atoms with E-state index >= 15 is 0 Å². The van der Waals surface area contributed by atoms with E-state index in [4.69, 9.17) is 58.7 Å². The molecule has 0 amide bonds. The lowest BCUT2D eigenvalue weighted by Crippen LogP contribution is -2.24. The molecule has 0 atom stereocenters.